The van der Waals surface area contributed by atoms with Crippen molar-refractivity contribution >= 4 is 85.8 Å². The molecule has 3 aromatic carbocycles. The van der Waals surface area contributed by atoms with E-state index in [9.17, 15) is 29.8 Å². The highest BCUT2D eigenvalue weighted by Gasteiger charge is 2.48. The molecule has 2 aliphatic rings. The van der Waals surface area contributed by atoms with Crippen LogP contribution in [-0.2, 0) is 14.4 Å². The van der Waals surface area contributed by atoms with Gasteiger partial charge in [-0.1, -0.05) is 48.3 Å². The number of anilines is 2. The largest absolute Gasteiger partial charge is 0.321 e. The molecule has 1 N–H and O–H groups in total. The summed E-state index contributed by atoms with van der Waals surface area (Å²) in [6, 6.07) is 16.5. The Hall–Kier alpha value is -4.57. The maximum Gasteiger partial charge on any atom is 0.283 e. The summed E-state index contributed by atoms with van der Waals surface area (Å²) in [6.07, 6.45) is 4.65. The van der Waals surface area contributed by atoms with Gasteiger partial charge in [0.05, 0.1) is 37.6 Å². The topological polar surface area (TPSA) is 146 Å². The third-order valence-electron chi connectivity index (χ3n) is 8.02. The fourth-order valence-electron chi connectivity index (χ4n) is 5.69. The van der Waals surface area contributed by atoms with E-state index in [1.165, 1.54) is 28.4 Å². The van der Waals surface area contributed by atoms with Crippen LogP contribution < -0.4 is 10.2 Å². The third kappa shape index (κ3) is 5.94. The van der Waals surface area contributed by atoms with Gasteiger partial charge in [0.15, 0.2) is 4.34 Å². The molecule has 2 fully saturated rings. The standard InChI is InChI=1S/C32H24ClN5O5S2/c1-17-23(33)7-4-8-24(17)35-29(39)19(16-34)13-18-9-12-27(26(14-18)38(42)43)44-32-36-25-11-10-20(15-28(25)45-32)37-30(40)21-5-2-3-6-22(21)31(37)41/h4,7-15,21-22H,2-3,5-6H2,1H3,(H,35,39)/b19-13+/t21-,22-/m1/s1. The zero-order valence-electron chi connectivity index (χ0n) is 23.8. The number of hydrogen-bond acceptors (Lipinski definition) is 9. The fourth-order valence-corrected chi connectivity index (χ4v) is 8.00. The highest BCUT2D eigenvalue weighted by molar-refractivity contribution is 8.01. The normalized spacial score (nSPS) is 18.2. The van der Waals surface area contributed by atoms with Gasteiger partial charge in [-0.15, -0.1) is 11.3 Å². The van der Waals surface area contributed by atoms with Gasteiger partial charge in [-0.25, -0.2) is 4.98 Å². The van der Waals surface area contributed by atoms with Crippen molar-refractivity contribution in [1.29, 1.82) is 5.26 Å². The zero-order valence-corrected chi connectivity index (χ0v) is 26.2. The first kappa shape index (κ1) is 30.5. The van der Waals surface area contributed by atoms with E-state index in [1.54, 1.807) is 55.5 Å². The molecular weight excluding hydrogens is 634 g/mol. The Kier molecular flexibility index (Phi) is 8.42. The predicted octanol–water partition coefficient (Wildman–Crippen LogP) is 7.54. The minimum Gasteiger partial charge on any atom is -0.321 e. The summed E-state index contributed by atoms with van der Waals surface area (Å²) < 4.78 is 1.28. The number of nitriles is 1. The highest BCUT2D eigenvalue weighted by Crippen LogP contribution is 2.43. The summed E-state index contributed by atoms with van der Waals surface area (Å²) in [5, 5.41) is 24.8. The van der Waals surface area contributed by atoms with Gasteiger partial charge in [0.2, 0.25) is 11.8 Å². The molecule has 13 heteroatoms. The van der Waals surface area contributed by atoms with E-state index in [4.69, 9.17) is 11.6 Å². The molecule has 2 atom stereocenters. The van der Waals surface area contributed by atoms with Gasteiger partial charge < -0.3 is 5.32 Å². The number of hydrogen-bond donors (Lipinski definition) is 1. The molecule has 1 saturated carbocycles. The maximum absolute atomic E-state index is 13.1. The minimum atomic E-state index is -0.672. The fraction of sp³-hybridized carbons (Fsp3) is 0.219. The van der Waals surface area contributed by atoms with Crippen molar-refractivity contribution in [2.45, 2.75) is 41.8 Å². The minimum absolute atomic E-state index is 0.149. The Balaban J connectivity index is 1.23. The quantitative estimate of drug-likeness (QED) is 0.0705. The summed E-state index contributed by atoms with van der Waals surface area (Å²) in [4.78, 5) is 56.7. The SMILES string of the molecule is Cc1c(Cl)cccc1NC(=O)/C(C#N)=C/c1ccc(Sc2nc3ccc(N4C(=O)[C@@H]5CCCC[C@H]5C4=O)cc3s2)c([N+](=O)[O-])c1. The van der Waals surface area contributed by atoms with Gasteiger partial charge in [-0.2, -0.15) is 5.26 Å². The molecule has 226 valence electrons. The number of carbonyl (C=O) groups is 3. The lowest BCUT2D eigenvalue weighted by molar-refractivity contribution is -0.387. The van der Waals surface area contributed by atoms with Gasteiger partial charge in [0.1, 0.15) is 11.6 Å². The Bertz CT molecular complexity index is 1960. The zero-order chi connectivity index (χ0) is 31.8. The molecule has 1 aliphatic carbocycles. The van der Waals surface area contributed by atoms with Crippen molar-refractivity contribution in [3.05, 3.63) is 86.4 Å². The molecular formula is C32H24ClN5O5S2. The highest BCUT2D eigenvalue weighted by atomic mass is 35.5. The summed E-state index contributed by atoms with van der Waals surface area (Å²) in [5.74, 6) is -1.47. The van der Waals surface area contributed by atoms with Crippen molar-refractivity contribution in [2.75, 3.05) is 10.2 Å². The molecule has 1 aromatic heterocycles. The van der Waals surface area contributed by atoms with Crippen LogP contribution in [0.1, 0.15) is 36.8 Å². The lowest BCUT2D eigenvalue weighted by Crippen LogP contribution is -2.30. The van der Waals surface area contributed by atoms with E-state index in [1.807, 2.05) is 6.07 Å². The van der Waals surface area contributed by atoms with E-state index in [0.29, 0.717) is 42.3 Å². The second-order valence-corrected chi connectivity index (χ2v) is 13.5. The molecule has 6 rings (SSSR count). The van der Waals surface area contributed by atoms with Crippen LogP contribution >= 0.6 is 34.7 Å². The third-order valence-corrected chi connectivity index (χ3v) is 10.6. The molecule has 1 saturated heterocycles. The van der Waals surface area contributed by atoms with Gasteiger partial charge in [0, 0.05) is 16.8 Å². The number of nitro groups is 1. The number of nitrogens with zero attached hydrogens (tertiary/aromatic N) is 4. The summed E-state index contributed by atoms with van der Waals surface area (Å²) in [6.45, 7) is 1.73. The molecule has 0 bridgehead atoms. The molecule has 4 aromatic rings. The van der Waals surface area contributed by atoms with E-state index in [2.05, 4.69) is 10.3 Å². The molecule has 45 heavy (non-hydrogen) atoms. The Morgan fingerprint density at radius 1 is 1.16 bits per heavy atom. The van der Waals surface area contributed by atoms with Crippen LogP contribution in [0.3, 0.4) is 0 Å². The van der Waals surface area contributed by atoms with Crippen LogP contribution in [0.4, 0.5) is 17.1 Å². The van der Waals surface area contributed by atoms with Crippen LogP contribution in [0, 0.1) is 40.2 Å². The molecule has 0 radical (unpaired) electrons. The number of rotatable bonds is 7. The number of thiazole rings is 1. The molecule has 0 unspecified atom stereocenters. The Morgan fingerprint density at radius 3 is 2.58 bits per heavy atom. The summed E-state index contributed by atoms with van der Waals surface area (Å²) in [7, 11) is 0. The van der Waals surface area contributed by atoms with Crippen molar-refractivity contribution in [1.82, 2.24) is 4.98 Å². The van der Waals surface area contributed by atoms with Crippen molar-refractivity contribution in [2.24, 2.45) is 11.8 Å². The number of nitrogens with one attached hydrogen (secondary N) is 1. The number of imide groups is 1. The molecule has 2 heterocycles. The number of aromatic nitrogens is 1. The van der Waals surface area contributed by atoms with Crippen molar-refractivity contribution in [3.8, 4) is 6.07 Å². The van der Waals surface area contributed by atoms with Crippen LogP contribution in [0.5, 0.6) is 0 Å². The summed E-state index contributed by atoms with van der Waals surface area (Å²) >= 11 is 8.53. The lowest BCUT2D eigenvalue weighted by atomic mass is 9.81. The first-order valence-electron chi connectivity index (χ1n) is 14.1. The number of nitro benzene ring substituents is 1. The Morgan fingerprint density at radius 2 is 1.89 bits per heavy atom. The second kappa shape index (κ2) is 12.4. The first-order chi connectivity index (χ1) is 21.6. The smallest absolute Gasteiger partial charge is 0.283 e. The van der Waals surface area contributed by atoms with Gasteiger partial charge in [-0.05, 0) is 73.4 Å². The van der Waals surface area contributed by atoms with E-state index in [-0.39, 0.29) is 34.9 Å². The summed E-state index contributed by atoms with van der Waals surface area (Å²) in [5.41, 5.74) is 2.10. The van der Waals surface area contributed by atoms with E-state index < -0.39 is 10.8 Å². The van der Waals surface area contributed by atoms with E-state index in [0.717, 1.165) is 42.1 Å². The molecule has 3 amide bonds. The number of carbonyl (C=O) groups excluding carboxylic acids is 3. The maximum atomic E-state index is 13.1. The van der Waals surface area contributed by atoms with E-state index >= 15 is 0 Å². The first-order valence-corrected chi connectivity index (χ1v) is 16.1. The average molecular weight is 658 g/mol. The lowest BCUT2D eigenvalue weighted by Gasteiger charge is -2.19. The van der Waals surface area contributed by atoms with Gasteiger partial charge in [0.25, 0.3) is 11.6 Å². The molecule has 0 spiro atoms. The predicted molar refractivity (Wildman–Crippen MR) is 173 cm³/mol. The monoisotopic (exact) mass is 657 g/mol. The number of fused-ring (bicyclic) bond motifs is 2. The van der Waals surface area contributed by atoms with Crippen LogP contribution in [0.25, 0.3) is 16.3 Å². The average Bonchev–Trinajstić information content (AvgIpc) is 3.55. The van der Waals surface area contributed by atoms with Gasteiger partial charge >= 0.3 is 0 Å². The molecule has 1 aliphatic heterocycles. The van der Waals surface area contributed by atoms with Crippen molar-refractivity contribution in [3.63, 3.8) is 0 Å². The second-order valence-electron chi connectivity index (χ2n) is 10.8. The number of amides is 3. The number of halogens is 1. The Labute approximate surface area is 270 Å². The van der Waals surface area contributed by atoms with Gasteiger partial charge in [-0.3, -0.25) is 29.4 Å². The molecule has 10 nitrogen and oxygen atoms in total. The van der Waals surface area contributed by atoms with Crippen LogP contribution in [0.15, 0.2) is 69.4 Å². The number of benzene rings is 3. The van der Waals surface area contributed by atoms with Crippen molar-refractivity contribution < 1.29 is 19.3 Å². The van der Waals surface area contributed by atoms with Crippen LogP contribution in [-0.4, -0.2) is 27.6 Å². The van der Waals surface area contributed by atoms with Crippen LogP contribution in [0.2, 0.25) is 5.02 Å².